The van der Waals surface area contributed by atoms with Crippen molar-refractivity contribution in [3.05, 3.63) is 57.4 Å². The minimum atomic E-state index is -0.365. The number of anilines is 1. The zero-order chi connectivity index (χ0) is 21.1. The molecule has 3 rings (SSSR count). The summed E-state index contributed by atoms with van der Waals surface area (Å²) in [6.07, 6.45) is 0. The fourth-order valence-electron chi connectivity index (χ4n) is 3.54. The molecule has 29 heavy (non-hydrogen) atoms. The van der Waals surface area contributed by atoms with E-state index in [-0.39, 0.29) is 5.63 Å². The molecule has 6 heteroatoms. The molecule has 1 N–H and O–H groups in total. The molecule has 0 aliphatic carbocycles. The zero-order valence-electron chi connectivity index (χ0n) is 17.7. The van der Waals surface area contributed by atoms with Crippen LogP contribution in [0.3, 0.4) is 0 Å². The minimum Gasteiger partial charge on any atom is -0.493 e. The predicted molar refractivity (Wildman–Crippen MR) is 115 cm³/mol. The molecule has 1 heterocycles. The number of ether oxygens (including phenoxy) is 3. The van der Waals surface area contributed by atoms with Gasteiger partial charge in [0.1, 0.15) is 5.58 Å². The van der Waals surface area contributed by atoms with Crippen molar-refractivity contribution in [1.82, 2.24) is 0 Å². The van der Waals surface area contributed by atoms with Gasteiger partial charge in [-0.1, -0.05) is 13.8 Å². The van der Waals surface area contributed by atoms with Gasteiger partial charge in [0.2, 0.25) is 5.75 Å². The van der Waals surface area contributed by atoms with Crippen LogP contribution in [-0.2, 0) is 6.54 Å². The Hall–Kier alpha value is -3.15. The van der Waals surface area contributed by atoms with Gasteiger partial charge in [0.25, 0.3) is 0 Å². The van der Waals surface area contributed by atoms with Crippen LogP contribution >= 0.6 is 0 Å². The van der Waals surface area contributed by atoms with Crippen molar-refractivity contribution in [2.45, 2.75) is 33.2 Å². The van der Waals surface area contributed by atoms with Gasteiger partial charge >= 0.3 is 5.63 Å². The Kier molecular flexibility index (Phi) is 6.01. The molecule has 0 bridgehead atoms. The Morgan fingerprint density at radius 1 is 0.966 bits per heavy atom. The molecule has 3 aromatic rings. The average molecular weight is 397 g/mol. The van der Waals surface area contributed by atoms with Crippen LogP contribution in [0.25, 0.3) is 11.0 Å². The van der Waals surface area contributed by atoms with Gasteiger partial charge < -0.3 is 23.9 Å². The van der Waals surface area contributed by atoms with Gasteiger partial charge in [-0.05, 0) is 41.7 Å². The maximum atomic E-state index is 12.1. The summed E-state index contributed by atoms with van der Waals surface area (Å²) in [6.45, 7) is 6.79. The zero-order valence-corrected chi connectivity index (χ0v) is 17.7. The van der Waals surface area contributed by atoms with Crippen molar-refractivity contribution in [3.8, 4) is 17.2 Å². The monoisotopic (exact) mass is 397 g/mol. The Morgan fingerprint density at radius 2 is 1.62 bits per heavy atom. The normalized spacial score (nSPS) is 11.0. The lowest BCUT2D eigenvalue weighted by atomic mass is 9.95. The summed E-state index contributed by atoms with van der Waals surface area (Å²) < 4.78 is 21.6. The van der Waals surface area contributed by atoms with Crippen LogP contribution < -0.4 is 25.2 Å². The van der Waals surface area contributed by atoms with E-state index in [4.69, 9.17) is 18.6 Å². The van der Waals surface area contributed by atoms with E-state index >= 15 is 0 Å². The van der Waals surface area contributed by atoms with Gasteiger partial charge in [0.05, 0.1) is 21.3 Å². The summed E-state index contributed by atoms with van der Waals surface area (Å²) in [5.74, 6) is 2.03. The van der Waals surface area contributed by atoms with Gasteiger partial charge in [-0.25, -0.2) is 4.79 Å². The van der Waals surface area contributed by atoms with Crippen LogP contribution in [-0.4, -0.2) is 21.3 Å². The number of nitrogens with one attached hydrogen (secondary N) is 1. The third kappa shape index (κ3) is 4.16. The maximum absolute atomic E-state index is 12.1. The minimum absolute atomic E-state index is 0.365. The van der Waals surface area contributed by atoms with Gasteiger partial charge in [-0.15, -0.1) is 0 Å². The molecule has 0 unspecified atom stereocenters. The third-order valence-electron chi connectivity index (χ3n) is 4.99. The molecule has 1 aromatic heterocycles. The first-order valence-corrected chi connectivity index (χ1v) is 9.49. The number of methoxy groups -OCH3 is 3. The summed E-state index contributed by atoms with van der Waals surface area (Å²) in [5, 5.41) is 4.28. The lowest BCUT2D eigenvalue weighted by Crippen LogP contribution is -2.07. The molecule has 6 nitrogen and oxygen atoms in total. The van der Waals surface area contributed by atoms with Gasteiger partial charge in [-0.2, -0.15) is 0 Å². The lowest BCUT2D eigenvalue weighted by molar-refractivity contribution is 0.324. The Labute approximate surface area is 170 Å². The highest BCUT2D eigenvalue weighted by Gasteiger charge is 2.15. The first-order valence-electron chi connectivity index (χ1n) is 9.49. The summed E-state index contributed by atoms with van der Waals surface area (Å²) in [7, 11) is 4.72. The molecule has 0 saturated carbocycles. The third-order valence-corrected chi connectivity index (χ3v) is 4.99. The second-order valence-electron chi connectivity index (χ2n) is 7.22. The Morgan fingerprint density at radius 3 is 2.17 bits per heavy atom. The van der Waals surface area contributed by atoms with E-state index in [1.807, 2.05) is 25.1 Å². The largest absolute Gasteiger partial charge is 0.493 e. The first-order chi connectivity index (χ1) is 13.9. The van der Waals surface area contributed by atoms with Crippen molar-refractivity contribution < 1.29 is 18.6 Å². The SMILES string of the molecule is COc1cc(NCc2cc(=O)oc3cc(C)c(C(C)C)cc23)cc(OC)c1OC. The fraction of sp³-hybridized carbons (Fsp3) is 0.348. The smallest absolute Gasteiger partial charge is 0.336 e. The van der Waals surface area contributed by atoms with E-state index in [1.165, 1.54) is 11.6 Å². The first kappa shape index (κ1) is 20.6. The Balaban J connectivity index is 2.00. The molecule has 0 aliphatic heterocycles. The molecule has 0 amide bonds. The average Bonchev–Trinajstić information content (AvgIpc) is 2.70. The molecule has 0 radical (unpaired) electrons. The van der Waals surface area contributed by atoms with Crippen LogP contribution in [0.2, 0.25) is 0 Å². The molecule has 2 aromatic carbocycles. The van der Waals surface area contributed by atoms with Gasteiger partial charge in [0.15, 0.2) is 11.5 Å². The van der Waals surface area contributed by atoms with Crippen molar-refractivity contribution in [1.29, 1.82) is 0 Å². The van der Waals surface area contributed by atoms with E-state index in [2.05, 4.69) is 25.2 Å². The van der Waals surface area contributed by atoms with E-state index in [9.17, 15) is 4.79 Å². The molecule has 0 aliphatic rings. The molecule has 0 spiro atoms. The Bertz CT molecular complexity index is 1060. The second-order valence-corrected chi connectivity index (χ2v) is 7.22. The lowest BCUT2D eigenvalue weighted by Gasteiger charge is -2.16. The number of hydrogen-bond acceptors (Lipinski definition) is 6. The number of benzene rings is 2. The van der Waals surface area contributed by atoms with Crippen LogP contribution in [0.5, 0.6) is 17.2 Å². The topological polar surface area (TPSA) is 69.9 Å². The van der Waals surface area contributed by atoms with E-state index in [1.54, 1.807) is 21.3 Å². The number of hydrogen-bond donors (Lipinski definition) is 1. The van der Waals surface area contributed by atoms with E-state index in [0.717, 1.165) is 22.2 Å². The van der Waals surface area contributed by atoms with E-state index < -0.39 is 0 Å². The molecule has 0 atom stereocenters. The highest BCUT2D eigenvalue weighted by Crippen LogP contribution is 2.40. The highest BCUT2D eigenvalue weighted by molar-refractivity contribution is 5.82. The molecule has 0 fully saturated rings. The summed E-state index contributed by atoms with van der Waals surface area (Å²) in [5.41, 5.74) is 4.24. The number of aryl methyl sites for hydroxylation is 1. The van der Waals surface area contributed by atoms with Gasteiger partial charge in [-0.3, -0.25) is 0 Å². The standard InChI is InChI=1S/C23H27NO5/c1-13(2)17-11-18-15(8-22(25)29-19(18)7-14(17)3)12-24-16-9-20(26-4)23(28-6)21(10-16)27-5/h7-11,13,24H,12H2,1-6H3. The van der Waals surface area contributed by atoms with Crippen molar-refractivity contribution in [2.24, 2.45) is 0 Å². The predicted octanol–water partition coefficient (Wildman–Crippen LogP) is 4.86. The number of fused-ring (bicyclic) bond motifs is 1. The van der Waals surface area contributed by atoms with Crippen LogP contribution in [0.1, 0.15) is 36.5 Å². The van der Waals surface area contributed by atoms with Crippen LogP contribution in [0.4, 0.5) is 5.69 Å². The maximum Gasteiger partial charge on any atom is 0.336 e. The van der Waals surface area contributed by atoms with E-state index in [0.29, 0.717) is 35.3 Å². The summed E-state index contributed by atoms with van der Waals surface area (Å²) in [6, 6.07) is 9.25. The van der Waals surface area contributed by atoms with Gasteiger partial charge in [0, 0.05) is 35.8 Å². The summed E-state index contributed by atoms with van der Waals surface area (Å²) >= 11 is 0. The highest BCUT2D eigenvalue weighted by atomic mass is 16.5. The quantitative estimate of drug-likeness (QED) is 0.574. The number of rotatable bonds is 7. The van der Waals surface area contributed by atoms with Crippen molar-refractivity contribution >= 4 is 16.7 Å². The van der Waals surface area contributed by atoms with Crippen molar-refractivity contribution in [3.63, 3.8) is 0 Å². The molecular formula is C23H27NO5. The second kappa shape index (κ2) is 8.47. The molecule has 0 saturated heterocycles. The van der Waals surface area contributed by atoms with Crippen LogP contribution in [0, 0.1) is 6.92 Å². The van der Waals surface area contributed by atoms with Crippen molar-refractivity contribution in [2.75, 3.05) is 26.6 Å². The fourth-order valence-corrected chi connectivity index (χ4v) is 3.54. The summed E-state index contributed by atoms with van der Waals surface area (Å²) in [4.78, 5) is 12.1. The molecule has 154 valence electrons. The van der Waals surface area contributed by atoms with Crippen LogP contribution in [0.15, 0.2) is 39.5 Å². The molecular weight excluding hydrogens is 370 g/mol.